The van der Waals surface area contributed by atoms with E-state index in [1.165, 1.54) is 5.56 Å². The molecule has 0 spiro atoms. The molecule has 0 atom stereocenters. The summed E-state index contributed by atoms with van der Waals surface area (Å²) < 4.78 is 11.1. The van der Waals surface area contributed by atoms with Crippen LogP contribution in [0.2, 0.25) is 0 Å². The molecule has 1 aromatic rings. The zero-order chi connectivity index (χ0) is 12.3. The molecule has 1 rings (SSSR count). The summed E-state index contributed by atoms with van der Waals surface area (Å²) in [7, 11) is 1.70. The quantitative estimate of drug-likeness (QED) is 0.775. The molecule has 2 heteroatoms. The summed E-state index contributed by atoms with van der Waals surface area (Å²) in [5.41, 5.74) is 1.23. The molecule has 0 bridgehead atoms. The molecule has 0 aliphatic rings. The summed E-state index contributed by atoms with van der Waals surface area (Å²) in [6.45, 7) is 10.6. The fourth-order valence-corrected chi connectivity index (χ4v) is 1.62. The van der Waals surface area contributed by atoms with Crippen molar-refractivity contribution in [3.8, 4) is 11.5 Å². The molecular formula is C14H22O2. The van der Waals surface area contributed by atoms with Crippen LogP contribution in [0.4, 0.5) is 0 Å². The fraction of sp³-hybridized carbons (Fsp3) is 0.571. The van der Waals surface area contributed by atoms with Crippen molar-refractivity contribution in [1.29, 1.82) is 0 Å². The van der Waals surface area contributed by atoms with Crippen LogP contribution in [-0.4, -0.2) is 13.2 Å². The van der Waals surface area contributed by atoms with E-state index in [9.17, 15) is 0 Å². The highest BCUT2D eigenvalue weighted by atomic mass is 16.5. The van der Waals surface area contributed by atoms with Gasteiger partial charge in [-0.15, -0.1) is 0 Å². The van der Waals surface area contributed by atoms with E-state index >= 15 is 0 Å². The highest BCUT2D eigenvalue weighted by Gasteiger charge is 2.19. The van der Waals surface area contributed by atoms with Gasteiger partial charge in [0.15, 0.2) is 0 Å². The number of methoxy groups -OCH3 is 1. The standard InChI is InChI=1S/C14H22O2/c1-10(2)16-11-7-8-13(15-6)12(9-11)14(3,4)5/h7-10H,1-6H3. The molecule has 16 heavy (non-hydrogen) atoms. The largest absolute Gasteiger partial charge is 0.496 e. The Bertz CT molecular complexity index is 348. The van der Waals surface area contributed by atoms with Gasteiger partial charge in [-0.1, -0.05) is 20.8 Å². The van der Waals surface area contributed by atoms with Crippen molar-refractivity contribution >= 4 is 0 Å². The number of rotatable bonds is 3. The van der Waals surface area contributed by atoms with Gasteiger partial charge >= 0.3 is 0 Å². The molecule has 0 aliphatic heterocycles. The van der Waals surface area contributed by atoms with Crippen LogP contribution >= 0.6 is 0 Å². The second-order valence-corrected chi connectivity index (χ2v) is 5.28. The molecule has 90 valence electrons. The molecule has 2 nitrogen and oxygen atoms in total. The van der Waals surface area contributed by atoms with Gasteiger partial charge in [0.2, 0.25) is 0 Å². The van der Waals surface area contributed by atoms with E-state index in [1.807, 2.05) is 26.0 Å². The molecule has 1 aromatic carbocycles. The fourth-order valence-electron chi connectivity index (χ4n) is 1.62. The van der Waals surface area contributed by atoms with E-state index in [-0.39, 0.29) is 11.5 Å². The molecule has 0 heterocycles. The second-order valence-electron chi connectivity index (χ2n) is 5.28. The summed E-state index contributed by atoms with van der Waals surface area (Å²) in [6.07, 6.45) is 0.196. The van der Waals surface area contributed by atoms with Gasteiger partial charge in [0.1, 0.15) is 11.5 Å². The molecular weight excluding hydrogens is 200 g/mol. The van der Waals surface area contributed by atoms with Crippen molar-refractivity contribution in [1.82, 2.24) is 0 Å². The van der Waals surface area contributed by atoms with E-state index in [0.29, 0.717) is 0 Å². The number of hydrogen-bond donors (Lipinski definition) is 0. The zero-order valence-corrected chi connectivity index (χ0v) is 11.1. The molecule has 0 saturated heterocycles. The molecule has 0 N–H and O–H groups in total. The summed E-state index contributed by atoms with van der Waals surface area (Å²) in [6, 6.07) is 5.99. The maximum Gasteiger partial charge on any atom is 0.122 e. The molecule has 0 amide bonds. The lowest BCUT2D eigenvalue weighted by Crippen LogP contribution is -2.14. The first kappa shape index (κ1) is 12.9. The first-order valence-electron chi connectivity index (χ1n) is 5.69. The molecule has 0 radical (unpaired) electrons. The van der Waals surface area contributed by atoms with Crippen LogP contribution in [0.1, 0.15) is 40.2 Å². The first-order chi connectivity index (χ1) is 7.34. The van der Waals surface area contributed by atoms with E-state index in [4.69, 9.17) is 9.47 Å². The monoisotopic (exact) mass is 222 g/mol. The Hall–Kier alpha value is -1.18. The lowest BCUT2D eigenvalue weighted by molar-refractivity contribution is 0.241. The van der Waals surface area contributed by atoms with Crippen LogP contribution in [0.25, 0.3) is 0 Å². The minimum atomic E-state index is 0.0572. The van der Waals surface area contributed by atoms with E-state index < -0.39 is 0 Å². The van der Waals surface area contributed by atoms with E-state index in [0.717, 1.165) is 11.5 Å². The summed E-state index contributed by atoms with van der Waals surface area (Å²) in [5, 5.41) is 0. The Kier molecular flexibility index (Phi) is 3.84. The number of ether oxygens (including phenoxy) is 2. The van der Waals surface area contributed by atoms with Gasteiger partial charge in [-0.3, -0.25) is 0 Å². The van der Waals surface area contributed by atoms with Gasteiger partial charge in [-0.25, -0.2) is 0 Å². The minimum Gasteiger partial charge on any atom is -0.496 e. The SMILES string of the molecule is COc1ccc(OC(C)C)cc1C(C)(C)C. The van der Waals surface area contributed by atoms with Gasteiger partial charge in [-0.05, 0) is 37.5 Å². The predicted octanol–water partition coefficient (Wildman–Crippen LogP) is 3.78. The van der Waals surface area contributed by atoms with Crippen molar-refractivity contribution in [2.24, 2.45) is 0 Å². The Morgan fingerprint density at radius 2 is 1.75 bits per heavy atom. The maximum absolute atomic E-state index is 5.69. The number of benzene rings is 1. The number of hydrogen-bond acceptors (Lipinski definition) is 2. The van der Waals surface area contributed by atoms with Crippen molar-refractivity contribution in [2.75, 3.05) is 7.11 Å². The molecule has 0 saturated carbocycles. The van der Waals surface area contributed by atoms with Gasteiger partial charge in [-0.2, -0.15) is 0 Å². The van der Waals surface area contributed by atoms with Gasteiger partial charge in [0, 0.05) is 5.56 Å². The Balaban J connectivity index is 3.12. The first-order valence-corrected chi connectivity index (χ1v) is 5.69. The lowest BCUT2D eigenvalue weighted by Gasteiger charge is -2.23. The lowest BCUT2D eigenvalue weighted by atomic mass is 9.86. The van der Waals surface area contributed by atoms with Crippen molar-refractivity contribution in [2.45, 2.75) is 46.1 Å². The van der Waals surface area contributed by atoms with E-state index in [2.05, 4.69) is 26.8 Å². The van der Waals surface area contributed by atoms with Crippen molar-refractivity contribution in [3.05, 3.63) is 23.8 Å². The van der Waals surface area contributed by atoms with Crippen LogP contribution in [0, 0.1) is 0 Å². The average Bonchev–Trinajstić information content (AvgIpc) is 2.15. The highest BCUT2D eigenvalue weighted by Crippen LogP contribution is 2.34. The second kappa shape index (κ2) is 4.77. The van der Waals surface area contributed by atoms with Crippen molar-refractivity contribution in [3.63, 3.8) is 0 Å². The van der Waals surface area contributed by atoms with E-state index in [1.54, 1.807) is 7.11 Å². The third-order valence-corrected chi connectivity index (χ3v) is 2.35. The van der Waals surface area contributed by atoms with Crippen LogP contribution in [0.3, 0.4) is 0 Å². The van der Waals surface area contributed by atoms with Crippen LogP contribution in [-0.2, 0) is 5.41 Å². The topological polar surface area (TPSA) is 18.5 Å². The molecule has 0 aromatic heterocycles. The molecule has 0 fully saturated rings. The zero-order valence-electron chi connectivity index (χ0n) is 11.1. The maximum atomic E-state index is 5.69. The highest BCUT2D eigenvalue weighted by molar-refractivity contribution is 5.44. The Morgan fingerprint density at radius 3 is 2.19 bits per heavy atom. The van der Waals surface area contributed by atoms with Crippen LogP contribution in [0.5, 0.6) is 11.5 Å². The average molecular weight is 222 g/mol. The predicted molar refractivity (Wildman–Crippen MR) is 67.5 cm³/mol. The van der Waals surface area contributed by atoms with Gasteiger partial charge in [0.05, 0.1) is 13.2 Å². The summed E-state index contributed by atoms with van der Waals surface area (Å²) >= 11 is 0. The molecule has 0 aliphatic carbocycles. The Labute approximate surface area is 98.6 Å². The third kappa shape index (κ3) is 3.16. The Morgan fingerprint density at radius 1 is 1.12 bits per heavy atom. The van der Waals surface area contributed by atoms with Crippen LogP contribution in [0.15, 0.2) is 18.2 Å². The smallest absolute Gasteiger partial charge is 0.122 e. The minimum absolute atomic E-state index is 0.0572. The summed E-state index contributed by atoms with van der Waals surface area (Å²) in [5.74, 6) is 1.82. The van der Waals surface area contributed by atoms with Crippen molar-refractivity contribution < 1.29 is 9.47 Å². The third-order valence-electron chi connectivity index (χ3n) is 2.35. The van der Waals surface area contributed by atoms with Gasteiger partial charge < -0.3 is 9.47 Å². The van der Waals surface area contributed by atoms with Gasteiger partial charge in [0.25, 0.3) is 0 Å². The summed E-state index contributed by atoms with van der Waals surface area (Å²) in [4.78, 5) is 0. The van der Waals surface area contributed by atoms with Crippen LogP contribution < -0.4 is 9.47 Å². The molecule has 0 unspecified atom stereocenters. The normalized spacial score (nSPS) is 11.7.